The normalized spacial score (nSPS) is 40.4. The van der Waals surface area contributed by atoms with E-state index in [-0.39, 0.29) is 5.60 Å². The van der Waals surface area contributed by atoms with Crippen LogP contribution in [-0.2, 0) is 4.74 Å². The highest BCUT2D eigenvalue weighted by Crippen LogP contribution is 2.43. The molecule has 0 aromatic carbocycles. The molecule has 19 heavy (non-hydrogen) atoms. The van der Waals surface area contributed by atoms with Crippen molar-refractivity contribution >= 4 is 11.8 Å². The van der Waals surface area contributed by atoms with Crippen molar-refractivity contribution in [3.8, 4) is 0 Å². The van der Waals surface area contributed by atoms with Gasteiger partial charge in [-0.15, -0.1) is 0 Å². The van der Waals surface area contributed by atoms with Gasteiger partial charge in [0.15, 0.2) is 0 Å². The number of rotatable bonds is 2. The Morgan fingerprint density at radius 1 is 1.16 bits per heavy atom. The van der Waals surface area contributed by atoms with Crippen LogP contribution in [0, 0.1) is 17.8 Å². The fraction of sp³-hybridized carbons (Fsp3) is 1.00. The molecule has 0 radical (unpaired) electrons. The molecule has 2 aliphatic heterocycles. The van der Waals surface area contributed by atoms with Gasteiger partial charge < -0.3 is 10.5 Å². The minimum absolute atomic E-state index is 0.204. The first-order valence-electron chi connectivity index (χ1n) is 8.16. The quantitative estimate of drug-likeness (QED) is 0.843. The maximum Gasteiger partial charge on any atom is 0.0701 e. The SMILES string of the molecule is CC1CCC(C(N)C2CCOC3(CCSCC3)C2)C1. The Labute approximate surface area is 122 Å². The topological polar surface area (TPSA) is 35.2 Å². The summed E-state index contributed by atoms with van der Waals surface area (Å²) in [5, 5.41) is 0. The molecule has 3 aliphatic rings. The molecule has 3 fully saturated rings. The average Bonchev–Trinajstić information content (AvgIpc) is 2.85. The lowest BCUT2D eigenvalue weighted by atomic mass is 9.75. The molecule has 0 bridgehead atoms. The summed E-state index contributed by atoms with van der Waals surface area (Å²) >= 11 is 2.09. The lowest BCUT2D eigenvalue weighted by molar-refractivity contribution is -0.108. The van der Waals surface area contributed by atoms with E-state index < -0.39 is 0 Å². The second kappa shape index (κ2) is 5.95. The van der Waals surface area contributed by atoms with E-state index in [4.69, 9.17) is 10.5 Å². The molecule has 4 unspecified atom stereocenters. The third-order valence-electron chi connectivity index (χ3n) is 5.76. The van der Waals surface area contributed by atoms with E-state index in [1.165, 1.54) is 56.5 Å². The maximum atomic E-state index is 6.65. The molecule has 0 amide bonds. The van der Waals surface area contributed by atoms with E-state index in [0.717, 1.165) is 18.4 Å². The molecular formula is C16H29NOS. The Balaban J connectivity index is 1.61. The van der Waals surface area contributed by atoms with Crippen LogP contribution in [0.25, 0.3) is 0 Å². The van der Waals surface area contributed by atoms with E-state index in [2.05, 4.69) is 18.7 Å². The Morgan fingerprint density at radius 3 is 2.63 bits per heavy atom. The molecule has 0 aromatic heterocycles. The van der Waals surface area contributed by atoms with Crippen molar-refractivity contribution in [2.75, 3.05) is 18.1 Å². The molecule has 2 heterocycles. The van der Waals surface area contributed by atoms with Crippen LogP contribution in [0.2, 0.25) is 0 Å². The summed E-state index contributed by atoms with van der Waals surface area (Å²) in [7, 11) is 0. The van der Waals surface area contributed by atoms with Crippen molar-refractivity contribution in [2.24, 2.45) is 23.5 Å². The minimum atomic E-state index is 0.204. The molecule has 2 nitrogen and oxygen atoms in total. The van der Waals surface area contributed by atoms with Crippen LogP contribution >= 0.6 is 11.8 Å². The molecule has 4 atom stereocenters. The predicted octanol–water partition coefficient (Wildman–Crippen LogP) is 3.44. The van der Waals surface area contributed by atoms with Crippen molar-refractivity contribution < 1.29 is 4.74 Å². The lowest BCUT2D eigenvalue weighted by Crippen LogP contribution is -2.49. The number of hydrogen-bond acceptors (Lipinski definition) is 3. The van der Waals surface area contributed by atoms with Crippen LogP contribution in [0.5, 0.6) is 0 Å². The fourth-order valence-electron chi connectivity index (χ4n) is 4.47. The van der Waals surface area contributed by atoms with E-state index >= 15 is 0 Å². The second-order valence-corrected chi connectivity index (χ2v) is 8.38. The Hall–Kier alpha value is 0.270. The highest BCUT2D eigenvalue weighted by atomic mass is 32.2. The molecule has 3 rings (SSSR count). The molecular weight excluding hydrogens is 254 g/mol. The third-order valence-corrected chi connectivity index (χ3v) is 6.74. The van der Waals surface area contributed by atoms with E-state index in [9.17, 15) is 0 Å². The molecule has 2 saturated heterocycles. The average molecular weight is 283 g/mol. The Morgan fingerprint density at radius 2 is 1.95 bits per heavy atom. The standard InChI is InChI=1S/C16H29NOS/c1-12-2-3-13(10-12)15(17)14-4-7-18-16(11-14)5-8-19-9-6-16/h12-15H,2-11,17H2,1H3. The number of thioether (sulfide) groups is 1. The van der Waals surface area contributed by atoms with Crippen LogP contribution in [0.1, 0.15) is 51.9 Å². The van der Waals surface area contributed by atoms with Crippen molar-refractivity contribution in [3.05, 3.63) is 0 Å². The molecule has 1 aliphatic carbocycles. The largest absolute Gasteiger partial charge is 0.375 e. The van der Waals surface area contributed by atoms with Gasteiger partial charge >= 0.3 is 0 Å². The van der Waals surface area contributed by atoms with Gasteiger partial charge in [-0.3, -0.25) is 0 Å². The molecule has 2 N–H and O–H groups in total. The van der Waals surface area contributed by atoms with Crippen molar-refractivity contribution in [3.63, 3.8) is 0 Å². The number of nitrogens with two attached hydrogens (primary N) is 1. The van der Waals surface area contributed by atoms with E-state index in [0.29, 0.717) is 12.0 Å². The summed E-state index contributed by atoms with van der Waals surface area (Å²) in [6, 6.07) is 0.431. The van der Waals surface area contributed by atoms with E-state index in [1.807, 2.05) is 0 Å². The van der Waals surface area contributed by atoms with Gasteiger partial charge in [0.05, 0.1) is 5.60 Å². The monoisotopic (exact) mass is 283 g/mol. The summed E-state index contributed by atoms with van der Waals surface area (Å²) < 4.78 is 6.20. The van der Waals surface area contributed by atoms with Crippen LogP contribution in [-0.4, -0.2) is 29.8 Å². The van der Waals surface area contributed by atoms with Crippen molar-refractivity contribution in [2.45, 2.75) is 63.5 Å². The van der Waals surface area contributed by atoms with Crippen molar-refractivity contribution in [1.82, 2.24) is 0 Å². The van der Waals surface area contributed by atoms with Crippen LogP contribution in [0.15, 0.2) is 0 Å². The van der Waals surface area contributed by atoms with Gasteiger partial charge in [-0.05, 0) is 67.8 Å². The molecule has 110 valence electrons. The van der Waals surface area contributed by atoms with Gasteiger partial charge in [0.1, 0.15) is 0 Å². The van der Waals surface area contributed by atoms with Gasteiger partial charge in [-0.25, -0.2) is 0 Å². The Bertz CT molecular complexity index is 298. The first-order chi connectivity index (χ1) is 9.19. The fourth-order valence-corrected chi connectivity index (χ4v) is 5.71. The zero-order chi connectivity index (χ0) is 13.3. The van der Waals surface area contributed by atoms with Crippen LogP contribution in [0.3, 0.4) is 0 Å². The summed E-state index contributed by atoms with van der Waals surface area (Å²) in [6.45, 7) is 3.34. The van der Waals surface area contributed by atoms with Crippen LogP contribution < -0.4 is 5.73 Å². The van der Waals surface area contributed by atoms with Gasteiger partial charge in [0.2, 0.25) is 0 Å². The zero-order valence-electron chi connectivity index (χ0n) is 12.3. The van der Waals surface area contributed by atoms with Gasteiger partial charge in [-0.1, -0.05) is 13.3 Å². The van der Waals surface area contributed by atoms with Gasteiger partial charge in [-0.2, -0.15) is 11.8 Å². The highest BCUT2D eigenvalue weighted by Gasteiger charge is 2.42. The van der Waals surface area contributed by atoms with Gasteiger partial charge in [0, 0.05) is 12.6 Å². The minimum Gasteiger partial charge on any atom is -0.375 e. The first kappa shape index (κ1) is 14.2. The molecule has 1 saturated carbocycles. The molecule has 3 heteroatoms. The number of hydrogen-bond donors (Lipinski definition) is 1. The third kappa shape index (κ3) is 3.14. The molecule has 1 spiro atoms. The summed E-state index contributed by atoms with van der Waals surface area (Å²) in [4.78, 5) is 0. The highest BCUT2D eigenvalue weighted by molar-refractivity contribution is 7.99. The zero-order valence-corrected chi connectivity index (χ0v) is 13.1. The van der Waals surface area contributed by atoms with E-state index in [1.54, 1.807) is 0 Å². The summed E-state index contributed by atoms with van der Waals surface area (Å²) in [6.07, 6.45) is 9.05. The van der Waals surface area contributed by atoms with Crippen LogP contribution in [0.4, 0.5) is 0 Å². The van der Waals surface area contributed by atoms with Gasteiger partial charge in [0.25, 0.3) is 0 Å². The maximum absolute atomic E-state index is 6.65. The molecule has 0 aromatic rings. The lowest BCUT2D eigenvalue weighted by Gasteiger charge is -2.45. The first-order valence-corrected chi connectivity index (χ1v) is 9.31. The predicted molar refractivity (Wildman–Crippen MR) is 82.4 cm³/mol. The summed E-state index contributed by atoms with van der Waals surface area (Å²) in [5.74, 6) is 4.96. The number of ether oxygens (including phenoxy) is 1. The second-order valence-electron chi connectivity index (χ2n) is 7.15. The van der Waals surface area contributed by atoms with Crippen molar-refractivity contribution in [1.29, 1.82) is 0 Å². The smallest absolute Gasteiger partial charge is 0.0701 e. The Kier molecular flexibility index (Phi) is 4.45. The summed E-state index contributed by atoms with van der Waals surface area (Å²) in [5.41, 5.74) is 6.85.